The van der Waals surface area contributed by atoms with Crippen molar-refractivity contribution in [3.63, 3.8) is 0 Å². The van der Waals surface area contributed by atoms with Crippen LogP contribution < -0.4 is 5.73 Å². The van der Waals surface area contributed by atoms with Gasteiger partial charge in [0.2, 0.25) is 0 Å². The molecular weight excluding hydrogens is 226 g/mol. The topological polar surface area (TPSA) is 64.9 Å². The standard InChI is InChI=1S/C14H15N3O/c1-7(2)9-4-8(3)5-10-11(9)13-12(14(15)17-10)16-6-18-13/h4-7H,1-3H3,(H2,15,17). The van der Waals surface area contributed by atoms with Crippen molar-refractivity contribution in [3.05, 3.63) is 29.7 Å². The summed E-state index contributed by atoms with van der Waals surface area (Å²) in [7, 11) is 0. The van der Waals surface area contributed by atoms with Gasteiger partial charge in [0, 0.05) is 5.39 Å². The molecule has 0 aliphatic heterocycles. The van der Waals surface area contributed by atoms with Crippen molar-refractivity contribution >= 4 is 27.8 Å². The van der Waals surface area contributed by atoms with Crippen LogP contribution in [0.15, 0.2) is 22.9 Å². The summed E-state index contributed by atoms with van der Waals surface area (Å²) >= 11 is 0. The normalized spacial score (nSPS) is 11.8. The highest BCUT2D eigenvalue weighted by Crippen LogP contribution is 2.33. The highest BCUT2D eigenvalue weighted by atomic mass is 16.3. The Morgan fingerprint density at radius 2 is 2.06 bits per heavy atom. The van der Waals surface area contributed by atoms with Gasteiger partial charge in [0.1, 0.15) is 0 Å². The molecule has 0 radical (unpaired) electrons. The van der Waals surface area contributed by atoms with E-state index in [-0.39, 0.29) is 0 Å². The van der Waals surface area contributed by atoms with Gasteiger partial charge in [0.05, 0.1) is 5.52 Å². The second-order valence-corrected chi connectivity index (χ2v) is 4.93. The number of anilines is 1. The molecule has 0 aliphatic rings. The van der Waals surface area contributed by atoms with Crippen LogP contribution in [-0.2, 0) is 0 Å². The van der Waals surface area contributed by atoms with E-state index in [0.29, 0.717) is 17.3 Å². The molecule has 0 spiro atoms. The van der Waals surface area contributed by atoms with Crippen LogP contribution in [0.5, 0.6) is 0 Å². The van der Waals surface area contributed by atoms with Gasteiger partial charge >= 0.3 is 0 Å². The lowest BCUT2D eigenvalue weighted by Crippen LogP contribution is -1.97. The van der Waals surface area contributed by atoms with Crippen molar-refractivity contribution in [1.29, 1.82) is 0 Å². The summed E-state index contributed by atoms with van der Waals surface area (Å²) in [6, 6.07) is 4.20. The van der Waals surface area contributed by atoms with Crippen LogP contribution in [0, 0.1) is 6.92 Å². The van der Waals surface area contributed by atoms with Crippen LogP contribution in [-0.4, -0.2) is 9.97 Å². The van der Waals surface area contributed by atoms with Gasteiger partial charge in [-0.3, -0.25) is 0 Å². The SMILES string of the molecule is Cc1cc(C(C)C)c2c(c1)nc(N)c1ncoc12. The lowest BCUT2D eigenvalue weighted by atomic mass is 9.95. The van der Waals surface area contributed by atoms with E-state index < -0.39 is 0 Å². The molecule has 2 heterocycles. The molecule has 0 unspecified atom stereocenters. The predicted molar refractivity (Wildman–Crippen MR) is 72.5 cm³/mol. The number of benzene rings is 1. The van der Waals surface area contributed by atoms with E-state index in [1.165, 1.54) is 17.5 Å². The molecule has 0 amide bonds. The molecular formula is C14H15N3O. The van der Waals surface area contributed by atoms with Crippen molar-refractivity contribution in [2.24, 2.45) is 0 Å². The molecule has 92 valence electrons. The predicted octanol–water partition coefficient (Wildman–Crippen LogP) is 3.39. The molecule has 2 N–H and O–H groups in total. The minimum atomic E-state index is 0.395. The quantitative estimate of drug-likeness (QED) is 0.709. The number of nitrogen functional groups attached to an aromatic ring is 1. The average molecular weight is 241 g/mol. The Bertz CT molecular complexity index is 743. The molecule has 0 bridgehead atoms. The number of aromatic nitrogens is 2. The number of fused-ring (bicyclic) bond motifs is 3. The van der Waals surface area contributed by atoms with Crippen molar-refractivity contribution in [3.8, 4) is 0 Å². The third-order valence-corrected chi connectivity index (χ3v) is 3.19. The van der Waals surface area contributed by atoms with Crippen molar-refractivity contribution in [1.82, 2.24) is 9.97 Å². The maximum Gasteiger partial charge on any atom is 0.182 e. The van der Waals surface area contributed by atoms with E-state index >= 15 is 0 Å². The lowest BCUT2D eigenvalue weighted by Gasteiger charge is -2.11. The average Bonchev–Trinajstić information content (AvgIpc) is 2.76. The molecule has 18 heavy (non-hydrogen) atoms. The van der Waals surface area contributed by atoms with Crippen LogP contribution in [0.1, 0.15) is 30.9 Å². The zero-order valence-electron chi connectivity index (χ0n) is 10.7. The van der Waals surface area contributed by atoms with Crippen LogP contribution in [0.2, 0.25) is 0 Å². The van der Waals surface area contributed by atoms with E-state index in [2.05, 4.69) is 36.8 Å². The number of oxazole rings is 1. The summed E-state index contributed by atoms with van der Waals surface area (Å²) in [5.74, 6) is 0.817. The third-order valence-electron chi connectivity index (χ3n) is 3.19. The minimum absolute atomic E-state index is 0.395. The first-order valence-electron chi connectivity index (χ1n) is 6.01. The number of pyridine rings is 1. The fourth-order valence-electron chi connectivity index (χ4n) is 2.37. The van der Waals surface area contributed by atoms with Gasteiger partial charge in [-0.1, -0.05) is 19.9 Å². The largest absolute Gasteiger partial charge is 0.443 e. The second kappa shape index (κ2) is 3.70. The van der Waals surface area contributed by atoms with Crippen LogP contribution in [0.25, 0.3) is 22.0 Å². The van der Waals surface area contributed by atoms with Gasteiger partial charge in [-0.15, -0.1) is 0 Å². The molecule has 4 heteroatoms. The summed E-state index contributed by atoms with van der Waals surface area (Å²) in [5.41, 5.74) is 10.6. The molecule has 1 aromatic carbocycles. The van der Waals surface area contributed by atoms with Gasteiger partial charge in [0.25, 0.3) is 0 Å². The molecule has 3 aromatic rings. The fraction of sp³-hybridized carbons (Fsp3) is 0.286. The number of rotatable bonds is 1. The molecule has 2 aromatic heterocycles. The Labute approximate surface area is 105 Å². The van der Waals surface area contributed by atoms with Crippen LogP contribution in [0.3, 0.4) is 0 Å². The molecule has 3 rings (SSSR count). The van der Waals surface area contributed by atoms with Crippen molar-refractivity contribution in [2.45, 2.75) is 26.7 Å². The summed E-state index contributed by atoms with van der Waals surface area (Å²) in [5, 5.41) is 1.03. The summed E-state index contributed by atoms with van der Waals surface area (Å²) < 4.78 is 5.51. The number of nitrogens with zero attached hydrogens (tertiary/aromatic N) is 2. The molecule has 0 atom stereocenters. The smallest absolute Gasteiger partial charge is 0.182 e. The first-order chi connectivity index (χ1) is 8.58. The Morgan fingerprint density at radius 3 is 2.78 bits per heavy atom. The second-order valence-electron chi connectivity index (χ2n) is 4.93. The summed E-state index contributed by atoms with van der Waals surface area (Å²) in [6.45, 7) is 6.38. The van der Waals surface area contributed by atoms with Gasteiger partial charge in [-0.25, -0.2) is 9.97 Å². The van der Waals surface area contributed by atoms with E-state index in [9.17, 15) is 0 Å². The Morgan fingerprint density at radius 1 is 1.28 bits per heavy atom. The third kappa shape index (κ3) is 1.45. The fourth-order valence-corrected chi connectivity index (χ4v) is 2.37. The Kier molecular flexibility index (Phi) is 2.26. The van der Waals surface area contributed by atoms with Gasteiger partial charge in [0.15, 0.2) is 23.3 Å². The first kappa shape index (κ1) is 11.0. The lowest BCUT2D eigenvalue weighted by molar-refractivity contribution is 0.604. The number of hydrogen-bond donors (Lipinski definition) is 1. The van der Waals surface area contributed by atoms with Gasteiger partial charge in [-0.2, -0.15) is 0 Å². The molecule has 0 fully saturated rings. The van der Waals surface area contributed by atoms with Gasteiger partial charge in [-0.05, 0) is 30.0 Å². The monoisotopic (exact) mass is 241 g/mol. The molecule has 4 nitrogen and oxygen atoms in total. The van der Waals surface area contributed by atoms with Crippen molar-refractivity contribution < 1.29 is 4.42 Å². The maximum absolute atomic E-state index is 5.91. The zero-order chi connectivity index (χ0) is 12.9. The van der Waals surface area contributed by atoms with Gasteiger partial charge < -0.3 is 10.2 Å². The zero-order valence-corrected chi connectivity index (χ0v) is 10.7. The Hall–Kier alpha value is -2.10. The van der Waals surface area contributed by atoms with Crippen LogP contribution in [0.4, 0.5) is 5.82 Å². The maximum atomic E-state index is 5.91. The van der Waals surface area contributed by atoms with E-state index in [0.717, 1.165) is 16.5 Å². The highest BCUT2D eigenvalue weighted by Gasteiger charge is 2.15. The van der Waals surface area contributed by atoms with E-state index in [4.69, 9.17) is 10.2 Å². The molecule has 0 saturated carbocycles. The Balaban J connectivity index is 2.58. The minimum Gasteiger partial charge on any atom is -0.443 e. The molecule has 0 aliphatic carbocycles. The van der Waals surface area contributed by atoms with Crippen molar-refractivity contribution in [2.75, 3.05) is 5.73 Å². The summed E-state index contributed by atoms with van der Waals surface area (Å²) in [6.07, 6.45) is 1.42. The highest BCUT2D eigenvalue weighted by molar-refractivity contribution is 6.06. The van der Waals surface area contributed by atoms with E-state index in [1.807, 2.05) is 6.07 Å². The number of aryl methyl sites for hydroxylation is 1. The first-order valence-corrected chi connectivity index (χ1v) is 6.01. The van der Waals surface area contributed by atoms with E-state index in [1.54, 1.807) is 0 Å². The number of nitrogens with two attached hydrogens (primary N) is 1. The molecule has 0 saturated heterocycles. The number of hydrogen-bond acceptors (Lipinski definition) is 4. The summed E-state index contributed by atoms with van der Waals surface area (Å²) in [4.78, 5) is 8.57. The van der Waals surface area contributed by atoms with Crippen LogP contribution >= 0.6 is 0 Å².